The van der Waals surface area contributed by atoms with E-state index in [1.807, 2.05) is 19.2 Å². The van der Waals surface area contributed by atoms with Gasteiger partial charge >= 0.3 is 0 Å². The molecule has 0 aromatic carbocycles. The minimum Gasteiger partial charge on any atom is -0.326 e. The van der Waals surface area contributed by atoms with E-state index in [9.17, 15) is 0 Å². The summed E-state index contributed by atoms with van der Waals surface area (Å²) >= 11 is 3.38. The summed E-state index contributed by atoms with van der Waals surface area (Å²) in [5.74, 6) is 0. The molecule has 0 amide bonds. The second-order valence-electron chi connectivity index (χ2n) is 2.43. The lowest BCUT2D eigenvalue weighted by atomic mass is 10.1. The van der Waals surface area contributed by atoms with Gasteiger partial charge in [0.25, 0.3) is 0 Å². The Morgan fingerprint density at radius 1 is 1.55 bits per heavy atom. The normalized spacial score (nSPS) is 10.1. The van der Waals surface area contributed by atoms with E-state index in [4.69, 9.17) is 5.73 Å². The van der Waals surface area contributed by atoms with Crippen LogP contribution in [0, 0.1) is 6.92 Å². The van der Waals surface area contributed by atoms with Crippen molar-refractivity contribution < 1.29 is 0 Å². The van der Waals surface area contributed by atoms with Crippen LogP contribution in [0.15, 0.2) is 12.3 Å². The molecule has 1 aromatic rings. The highest BCUT2D eigenvalue weighted by Crippen LogP contribution is 2.11. The zero-order valence-corrected chi connectivity index (χ0v) is 8.06. The van der Waals surface area contributed by atoms with Gasteiger partial charge in [-0.25, -0.2) is 0 Å². The minimum atomic E-state index is 0.588. The maximum atomic E-state index is 5.55. The maximum absolute atomic E-state index is 5.55. The molecule has 0 radical (unpaired) electrons. The molecule has 11 heavy (non-hydrogen) atoms. The van der Waals surface area contributed by atoms with E-state index in [1.54, 1.807) is 0 Å². The van der Waals surface area contributed by atoms with Gasteiger partial charge in [0, 0.05) is 23.8 Å². The summed E-state index contributed by atoms with van der Waals surface area (Å²) < 4.78 is 0. The van der Waals surface area contributed by atoms with Gasteiger partial charge in [-0.3, -0.25) is 4.98 Å². The summed E-state index contributed by atoms with van der Waals surface area (Å²) in [5, 5.41) is 0.826. The van der Waals surface area contributed by atoms with Crippen LogP contribution in [0.25, 0.3) is 0 Å². The molecule has 0 unspecified atom stereocenters. The van der Waals surface area contributed by atoms with E-state index in [0.29, 0.717) is 6.54 Å². The average Bonchev–Trinajstić information content (AvgIpc) is 2.04. The number of hydrogen-bond donors (Lipinski definition) is 1. The first kappa shape index (κ1) is 8.68. The van der Waals surface area contributed by atoms with Crippen LogP contribution in [0.3, 0.4) is 0 Å². The second kappa shape index (κ2) is 3.83. The lowest BCUT2D eigenvalue weighted by Crippen LogP contribution is -2.01. The molecule has 3 heteroatoms. The highest BCUT2D eigenvalue weighted by atomic mass is 79.9. The van der Waals surface area contributed by atoms with Crippen LogP contribution in [0.1, 0.15) is 16.8 Å². The fraction of sp³-hybridized carbons (Fsp3) is 0.375. The lowest BCUT2D eigenvalue weighted by molar-refractivity contribution is 1.01. The number of pyridine rings is 1. The maximum Gasteiger partial charge on any atom is 0.0376 e. The predicted octanol–water partition coefficient (Wildman–Crippen LogP) is 1.74. The van der Waals surface area contributed by atoms with Crippen LogP contribution < -0.4 is 5.73 Å². The number of nitrogens with two attached hydrogens (primary N) is 1. The number of aryl methyl sites for hydroxylation is 1. The standard InChI is InChI=1S/C8H11BrN2/c1-6-2-7(4-10)8(3-9)5-11-6/h2,5H,3-4,10H2,1H3. The molecular formula is C8H11BrN2. The Bertz CT molecular complexity index is 248. The fourth-order valence-corrected chi connectivity index (χ4v) is 1.46. The highest BCUT2D eigenvalue weighted by molar-refractivity contribution is 9.08. The molecule has 2 nitrogen and oxygen atoms in total. The molecule has 2 N–H and O–H groups in total. The third-order valence-electron chi connectivity index (χ3n) is 1.58. The molecular weight excluding hydrogens is 204 g/mol. The van der Waals surface area contributed by atoms with Gasteiger partial charge in [0.2, 0.25) is 0 Å². The number of nitrogens with zero attached hydrogens (tertiary/aromatic N) is 1. The van der Waals surface area contributed by atoms with Crippen LogP contribution >= 0.6 is 15.9 Å². The molecule has 0 aliphatic carbocycles. The predicted molar refractivity (Wildman–Crippen MR) is 49.5 cm³/mol. The largest absolute Gasteiger partial charge is 0.326 e. The molecule has 0 saturated heterocycles. The first-order valence-corrected chi connectivity index (χ1v) is 4.60. The van der Waals surface area contributed by atoms with Crippen molar-refractivity contribution in [2.75, 3.05) is 0 Å². The summed E-state index contributed by atoms with van der Waals surface area (Å²) in [7, 11) is 0. The first-order chi connectivity index (χ1) is 5.27. The number of alkyl halides is 1. The molecule has 60 valence electrons. The van der Waals surface area contributed by atoms with Crippen molar-refractivity contribution in [1.82, 2.24) is 4.98 Å². The van der Waals surface area contributed by atoms with Crippen molar-refractivity contribution in [3.8, 4) is 0 Å². The summed E-state index contributed by atoms with van der Waals surface area (Å²) in [6.45, 7) is 2.56. The van der Waals surface area contributed by atoms with Gasteiger partial charge in [-0.05, 0) is 24.1 Å². The Morgan fingerprint density at radius 3 is 2.82 bits per heavy atom. The van der Waals surface area contributed by atoms with E-state index in [-0.39, 0.29) is 0 Å². The summed E-state index contributed by atoms with van der Waals surface area (Å²) in [6.07, 6.45) is 1.87. The Hall–Kier alpha value is -0.410. The van der Waals surface area contributed by atoms with Crippen LogP contribution in [0.5, 0.6) is 0 Å². The van der Waals surface area contributed by atoms with Gasteiger partial charge in [0.1, 0.15) is 0 Å². The van der Waals surface area contributed by atoms with Crippen molar-refractivity contribution in [2.45, 2.75) is 18.8 Å². The van der Waals surface area contributed by atoms with E-state index in [1.165, 1.54) is 11.1 Å². The van der Waals surface area contributed by atoms with Crippen LogP contribution in [0.4, 0.5) is 0 Å². The van der Waals surface area contributed by atoms with E-state index in [0.717, 1.165) is 11.0 Å². The topological polar surface area (TPSA) is 38.9 Å². The Morgan fingerprint density at radius 2 is 2.27 bits per heavy atom. The number of hydrogen-bond acceptors (Lipinski definition) is 2. The molecule has 1 aromatic heterocycles. The zero-order valence-electron chi connectivity index (χ0n) is 6.47. The van der Waals surface area contributed by atoms with Gasteiger partial charge < -0.3 is 5.73 Å². The first-order valence-electron chi connectivity index (χ1n) is 3.48. The van der Waals surface area contributed by atoms with Crippen molar-refractivity contribution in [1.29, 1.82) is 0 Å². The molecule has 1 rings (SSSR count). The highest BCUT2D eigenvalue weighted by Gasteiger charge is 1.99. The summed E-state index contributed by atoms with van der Waals surface area (Å²) in [5.41, 5.74) is 8.92. The zero-order chi connectivity index (χ0) is 8.27. The van der Waals surface area contributed by atoms with Crippen molar-refractivity contribution >= 4 is 15.9 Å². The van der Waals surface area contributed by atoms with Crippen molar-refractivity contribution in [3.05, 3.63) is 29.1 Å². The molecule has 0 atom stereocenters. The molecule has 0 aliphatic rings. The van der Waals surface area contributed by atoms with E-state index >= 15 is 0 Å². The van der Waals surface area contributed by atoms with Crippen molar-refractivity contribution in [3.63, 3.8) is 0 Å². The SMILES string of the molecule is Cc1cc(CN)c(CBr)cn1. The van der Waals surface area contributed by atoms with Gasteiger partial charge in [-0.1, -0.05) is 15.9 Å². The van der Waals surface area contributed by atoms with Crippen LogP contribution in [0.2, 0.25) is 0 Å². The quantitative estimate of drug-likeness (QED) is 0.763. The number of aromatic nitrogens is 1. The molecule has 0 bridgehead atoms. The minimum absolute atomic E-state index is 0.588. The Kier molecular flexibility index (Phi) is 3.02. The number of rotatable bonds is 2. The molecule has 0 fully saturated rings. The fourth-order valence-electron chi connectivity index (χ4n) is 0.955. The van der Waals surface area contributed by atoms with Gasteiger partial charge in [-0.15, -0.1) is 0 Å². The van der Waals surface area contributed by atoms with Crippen LogP contribution in [-0.4, -0.2) is 4.98 Å². The average molecular weight is 215 g/mol. The molecule has 0 aliphatic heterocycles. The van der Waals surface area contributed by atoms with E-state index < -0.39 is 0 Å². The monoisotopic (exact) mass is 214 g/mol. The van der Waals surface area contributed by atoms with Gasteiger partial charge in [0.15, 0.2) is 0 Å². The van der Waals surface area contributed by atoms with Crippen LogP contribution in [-0.2, 0) is 11.9 Å². The Labute approximate surface area is 75.0 Å². The van der Waals surface area contributed by atoms with Crippen molar-refractivity contribution in [2.24, 2.45) is 5.73 Å². The van der Waals surface area contributed by atoms with Gasteiger partial charge in [-0.2, -0.15) is 0 Å². The summed E-state index contributed by atoms with van der Waals surface area (Å²) in [4.78, 5) is 4.17. The third kappa shape index (κ3) is 2.01. The molecule has 1 heterocycles. The second-order valence-corrected chi connectivity index (χ2v) is 2.99. The molecule has 0 saturated carbocycles. The molecule has 0 spiro atoms. The lowest BCUT2D eigenvalue weighted by Gasteiger charge is -2.03. The number of halogens is 1. The summed E-state index contributed by atoms with van der Waals surface area (Å²) in [6, 6.07) is 2.02. The van der Waals surface area contributed by atoms with Gasteiger partial charge in [0.05, 0.1) is 0 Å². The Balaban J connectivity index is 3.06. The third-order valence-corrected chi connectivity index (χ3v) is 2.19. The van der Waals surface area contributed by atoms with E-state index in [2.05, 4.69) is 20.9 Å². The smallest absolute Gasteiger partial charge is 0.0376 e.